The van der Waals surface area contributed by atoms with Crippen LogP contribution in [0.1, 0.15) is 37.9 Å². The third kappa shape index (κ3) is 5.71. The molecule has 1 saturated heterocycles. The molecule has 2 N–H and O–H groups in total. The number of aromatic nitrogens is 2. The normalized spacial score (nSPS) is 19.0. The molecule has 1 fully saturated rings. The van der Waals surface area contributed by atoms with Crippen molar-refractivity contribution in [3.63, 3.8) is 0 Å². The second-order valence-corrected chi connectivity index (χ2v) is 5.12. The molecule has 21 heavy (non-hydrogen) atoms. The summed E-state index contributed by atoms with van der Waals surface area (Å²) in [5.74, 6) is 2.22. The Morgan fingerprint density at radius 1 is 1.43 bits per heavy atom. The van der Waals surface area contributed by atoms with Gasteiger partial charge in [-0.3, -0.25) is 4.99 Å². The van der Waals surface area contributed by atoms with Gasteiger partial charge in [-0.25, -0.2) is 0 Å². The van der Waals surface area contributed by atoms with Gasteiger partial charge in [0.1, 0.15) is 0 Å². The number of guanidine groups is 1. The van der Waals surface area contributed by atoms with Crippen LogP contribution in [0, 0.1) is 6.92 Å². The van der Waals surface area contributed by atoms with Gasteiger partial charge in [-0.15, -0.1) is 0 Å². The van der Waals surface area contributed by atoms with Crippen LogP contribution < -0.4 is 10.6 Å². The molecule has 0 bridgehead atoms. The lowest BCUT2D eigenvalue weighted by Crippen LogP contribution is -2.38. The molecule has 0 amide bonds. The lowest BCUT2D eigenvalue weighted by Gasteiger charge is -2.12. The monoisotopic (exact) mass is 295 g/mol. The number of ether oxygens (including phenoxy) is 1. The molecule has 7 heteroatoms. The van der Waals surface area contributed by atoms with Crippen LogP contribution >= 0.6 is 0 Å². The molecule has 1 unspecified atom stereocenters. The molecule has 2 heterocycles. The van der Waals surface area contributed by atoms with Gasteiger partial charge < -0.3 is 19.9 Å². The fraction of sp³-hybridized carbons (Fsp3) is 0.786. The Kier molecular flexibility index (Phi) is 6.46. The van der Waals surface area contributed by atoms with Crippen molar-refractivity contribution < 1.29 is 9.26 Å². The van der Waals surface area contributed by atoms with E-state index in [1.807, 2.05) is 6.92 Å². The van der Waals surface area contributed by atoms with Crippen molar-refractivity contribution in [2.75, 3.05) is 26.2 Å². The molecule has 0 spiro atoms. The average Bonchev–Trinajstić information content (AvgIpc) is 3.12. The minimum atomic E-state index is 0.279. The minimum absolute atomic E-state index is 0.279. The fourth-order valence-electron chi connectivity index (χ4n) is 2.21. The van der Waals surface area contributed by atoms with Crippen LogP contribution in [0.3, 0.4) is 0 Å². The molecule has 1 aromatic heterocycles. The number of aliphatic imine (C=N–C) groups is 1. The first-order valence-corrected chi connectivity index (χ1v) is 7.71. The first-order valence-electron chi connectivity index (χ1n) is 7.71. The van der Waals surface area contributed by atoms with Crippen LogP contribution in [0.5, 0.6) is 0 Å². The Bertz CT molecular complexity index is 440. The Morgan fingerprint density at radius 2 is 2.33 bits per heavy atom. The van der Waals surface area contributed by atoms with Gasteiger partial charge in [0.25, 0.3) is 0 Å². The van der Waals surface area contributed by atoms with E-state index in [1.165, 1.54) is 0 Å². The van der Waals surface area contributed by atoms with Crippen LogP contribution in [-0.4, -0.2) is 48.4 Å². The van der Waals surface area contributed by atoms with E-state index in [1.54, 1.807) is 0 Å². The summed E-state index contributed by atoms with van der Waals surface area (Å²) >= 11 is 0. The molecule has 0 radical (unpaired) electrons. The van der Waals surface area contributed by atoms with Gasteiger partial charge in [0, 0.05) is 26.1 Å². The van der Waals surface area contributed by atoms with Crippen LogP contribution in [-0.2, 0) is 11.2 Å². The highest BCUT2D eigenvalue weighted by molar-refractivity contribution is 5.79. The standard InChI is InChI=1S/C14H25N5O2/c1-3-15-14(17-10-12-6-5-9-20-12)16-8-4-7-13-18-11(2)19-21-13/h12H,3-10H2,1-2H3,(H2,15,16,17). The minimum Gasteiger partial charge on any atom is -0.376 e. The molecular formula is C14H25N5O2. The molecule has 2 rings (SSSR count). The fourth-order valence-corrected chi connectivity index (χ4v) is 2.21. The summed E-state index contributed by atoms with van der Waals surface area (Å²) in [5.41, 5.74) is 0. The molecule has 1 aliphatic rings. The topological polar surface area (TPSA) is 84.6 Å². The van der Waals surface area contributed by atoms with Gasteiger partial charge in [-0.2, -0.15) is 4.98 Å². The molecule has 1 atom stereocenters. The van der Waals surface area contributed by atoms with Crippen molar-refractivity contribution in [1.29, 1.82) is 0 Å². The molecule has 0 aliphatic carbocycles. The lowest BCUT2D eigenvalue weighted by atomic mass is 10.2. The van der Waals surface area contributed by atoms with Crippen molar-refractivity contribution in [2.45, 2.75) is 45.6 Å². The van der Waals surface area contributed by atoms with E-state index in [9.17, 15) is 0 Å². The first-order chi connectivity index (χ1) is 10.3. The molecule has 1 aromatic rings. The Labute approximate surface area is 125 Å². The van der Waals surface area contributed by atoms with Crippen LogP contribution in [0.4, 0.5) is 0 Å². The summed E-state index contributed by atoms with van der Waals surface area (Å²) in [5, 5.41) is 10.3. The highest BCUT2D eigenvalue weighted by Crippen LogP contribution is 2.11. The van der Waals surface area contributed by atoms with Crippen molar-refractivity contribution >= 4 is 5.96 Å². The summed E-state index contributed by atoms with van der Waals surface area (Å²) in [6.45, 7) is 7.14. The van der Waals surface area contributed by atoms with Crippen molar-refractivity contribution in [3.05, 3.63) is 11.7 Å². The van der Waals surface area contributed by atoms with E-state index in [-0.39, 0.29) is 6.10 Å². The van der Waals surface area contributed by atoms with Gasteiger partial charge in [-0.1, -0.05) is 5.16 Å². The van der Waals surface area contributed by atoms with Crippen molar-refractivity contribution in [1.82, 2.24) is 20.8 Å². The number of nitrogens with one attached hydrogen (secondary N) is 2. The smallest absolute Gasteiger partial charge is 0.226 e. The molecule has 1 aliphatic heterocycles. The largest absolute Gasteiger partial charge is 0.376 e. The zero-order valence-electron chi connectivity index (χ0n) is 12.9. The number of nitrogens with zero attached hydrogens (tertiary/aromatic N) is 3. The predicted molar refractivity (Wildman–Crippen MR) is 80.3 cm³/mol. The number of aryl methyl sites for hydroxylation is 2. The third-order valence-corrected chi connectivity index (χ3v) is 3.25. The highest BCUT2D eigenvalue weighted by atomic mass is 16.5. The van der Waals surface area contributed by atoms with E-state index in [0.29, 0.717) is 11.7 Å². The predicted octanol–water partition coefficient (Wildman–Crippen LogP) is 1.04. The van der Waals surface area contributed by atoms with Crippen LogP contribution in [0.25, 0.3) is 0 Å². The molecule has 118 valence electrons. The molecular weight excluding hydrogens is 270 g/mol. The van der Waals surface area contributed by atoms with Gasteiger partial charge in [0.2, 0.25) is 5.89 Å². The van der Waals surface area contributed by atoms with Crippen LogP contribution in [0.2, 0.25) is 0 Å². The highest BCUT2D eigenvalue weighted by Gasteiger charge is 2.14. The number of hydrogen-bond acceptors (Lipinski definition) is 5. The average molecular weight is 295 g/mol. The van der Waals surface area contributed by atoms with E-state index < -0.39 is 0 Å². The lowest BCUT2D eigenvalue weighted by molar-refractivity contribution is 0.117. The zero-order chi connectivity index (χ0) is 14.9. The number of hydrogen-bond donors (Lipinski definition) is 2. The maximum Gasteiger partial charge on any atom is 0.226 e. The second-order valence-electron chi connectivity index (χ2n) is 5.12. The van der Waals surface area contributed by atoms with E-state index >= 15 is 0 Å². The Morgan fingerprint density at radius 3 is 3.00 bits per heavy atom. The van der Waals surface area contributed by atoms with Gasteiger partial charge in [0.15, 0.2) is 11.8 Å². The summed E-state index contributed by atoms with van der Waals surface area (Å²) in [6.07, 6.45) is 4.24. The molecule has 0 saturated carbocycles. The van der Waals surface area contributed by atoms with Gasteiger partial charge in [-0.05, 0) is 33.1 Å². The van der Waals surface area contributed by atoms with Gasteiger partial charge in [0.05, 0.1) is 12.6 Å². The van der Waals surface area contributed by atoms with Gasteiger partial charge >= 0.3 is 0 Å². The van der Waals surface area contributed by atoms with Crippen molar-refractivity contribution in [2.24, 2.45) is 4.99 Å². The van der Waals surface area contributed by atoms with E-state index in [4.69, 9.17) is 9.26 Å². The summed E-state index contributed by atoms with van der Waals surface area (Å²) in [4.78, 5) is 8.75. The molecule has 0 aromatic carbocycles. The zero-order valence-corrected chi connectivity index (χ0v) is 12.9. The quantitative estimate of drug-likeness (QED) is 0.444. The van der Waals surface area contributed by atoms with E-state index in [0.717, 1.165) is 57.9 Å². The maximum absolute atomic E-state index is 5.58. The SMILES string of the molecule is CCNC(=NCC1CCCO1)NCCCc1nc(C)no1. The third-order valence-electron chi connectivity index (χ3n) is 3.25. The number of rotatable bonds is 7. The van der Waals surface area contributed by atoms with Crippen LogP contribution in [0.15, 0.2) is 9.52 Å². The van der Waals surface area contributed by atoms with E-state index in [2.05, 4.69) is 32.7 Å². The maximum atomic E-state index is 5.58. The molecule has 7 nitrogen and oxygen atoms in total. The van der Waals surface area contributed by atoms with Crippen molar-refractivity contribution in [3.8, 4) is 0 Å². The summed E-state index contributed by atoms with van der Waals surface area (Å²) in [6, 6.07) is 0. The first kappa shape index (κ1) is 15.8. The Hall–Kier alpha value is -1.63. The Balaban J connectivity index is 1.67. The second kappa shape index (κ2) is 8.61. The summed E-state index contributed by atoms with van der Waals surface area (Å²) < 4.78 is 10.7. The summed E-state index contributed by atoms with van der Waals surface area (Å²) in [7, 11) is 0.